The van der Waals surface area contributed by atoms with Gasteiger partial charge in [0, 0.05) is 36.9 Å². The molecule has 0 saturated carbocycles. The van der Waals surface area contributed by atoms with Crippen LogP contribution < -0.4 is 0 Å². The summed E-state index contributed by atoms with van der Waals surface area (Å²) in [6.45, 7) is 3.18. The molecule has 0 N–H and O–H groups in total. The Morgan fingerprint density at radius 2 is 1.19 bits per heavy atom. The second-order valence-electron chi connectivity index (χ2n) is 2.69. The summed E-state index contributed by atoms with van der Waals surface area (Å²) in [5.41, 5.74) is 0. The zero-order valence-electron chi connectivity index (χ0n) is 9.43. The van der Waals surface area contributed by atoms with Crippen molar-refractivity contribution in [1.29, 1.82) is 0 Å². The molecule has 0 fully saturated rings. The molecule has 6 heteroatoms. The molecule has 0 amide bonds. The lowest BCUT2D eigenvalue weighted by Gasteiger charge is -1.95. The summed E-state index contributed by atoms with van der Waals surface area (Å²) in [5.74, 6) is 3.66. The molecule has 92 valence electrons. The Balaban J connectivity index is 3.16. The monoisotopic (exact) mass is 296 g/mol. The van der Waals surface area contributed by atoms with Gasteiger partial charge >= 0.3 is 0 Å². The third-order valence-electron chi connectivity index (χ3n) is 1.26. The molecule has 2 nitrogen and oxygen atoms in total. The average molecular weight is 297 g/mol. The highest BCUT2D eigenvalue weighted by atomic mass is 32.2. The summed E-state index contributed by atoms with van der Waals surface area (Å²) in [7, 11) is 0. The van der Waals surface area contributed by atoms with Crippen molar-refractivity contribution in [2.24, 2.45) is 0 Å². The van der Waals surface area contributed by atoms with Crippen LogP contribution in [0.25, 0.3) is 0 Å². The van der Waals surface area contributed by atoms with Gasteiger partial charge in [0.05, 0.1) is 0 Å². The van der Waals surface area contributed by atoms with E-state index >= 15 is 0 Å². The van der Waals surface area contributed by atoms with Crippen molar-refractivity contribution in [2.45, 2.75) is 13.8 Å². The first-order valence-corrected chi connectivity index (χ1v) is 8.84. The second kappa shape index (κ2) is 12.0. The highest BCUT2D eigenvalue weighted by Gasteiger charge is 1.93. The predicted molar refractivity (Wildman–Crippen MR) is 80.3 cm³/mol. The van der Waals surface area contributed by atoms with Gasteiger partial charge in [-0.1, -0.05) is 23.5 Å². The minimum Gasteiger partial charge on any atom is -0.288 e. The number of carbonyl (C=O) groups is 2. The van der Waals surface area contributed by atoms with Crippen LogP contribution in [0.3, 0.4) is 0 Å². The quantitative estimate of drug-likeness (QED) is 0.638. The molecule has 0 rings (SSSR count). The SMILES string of the molecule is CC(=O)SCCS/C=C\SCCSC(C)=O. The Labute approximate surface area is 114 Å². The van der Waals surface area contributed by atoms with Crippen LogP contribution in [-0.4, -0.2) is 33.2 Å². The molecule has 16 heavy (non-hydrogen) atoms. The van der Waals surface area contributed by atoms with Crippen LogP contribution in [-0.2, 0) is 9.59 Å². The van der Waals surface area contributed by atoms with Crippen molar-refractivity contribution in [2.75, 3.05) is 23.0 Å². The Kier molecular flexibility index (Phi) is 12.3. The van der Waals surface area contributed by atoms with Crippen LogP contribution in [0.4, 0.5) is 0 Å². The van der Waals surface area contributed by atoms with Crippen molar-refractivity contribution >= 4 is 57.3 Å². The lowest BCUT2D eigenvalue weighted by atomic mass is 10.9. The van der Waals surface area contributed by atoms with Gasteiger partial charge in [0.15, 0.2) is 10.2 Å². The molecule has 0 aromatic rings. The van der Waals surface area contributed by atoms with Crippen LogP contribution in [0.15, 0.2) is 10.8 Å². The number of hydrogen-bond donors (Lipinski definition) is 0. The fourth-order valence-corrected chi connectivity index (χ4v) is 3.59. The van der Waals surface area contributed by atoms with E-state index in [-0.39, 0.29) is 10.2 Å². The minimum absolute atomic E-state index is 0.181. The first-order valence-electron chi connectivity index (χ1n) is 4.78. The highest BCUT2D eigenvalue weighted by Crippen LogP contribution is 2.13. The topological polar surface area (TPSA) is 34.1 Å². The van der Waals surface area contributed by atoms with Gasteiger partial charge in [-0.15, -0.1) is 23.5 Å². The van der Waals surface area contributed by atoms with E-state index in [4.69, 9.17) is 0 Å². The fraction of sp³-hybridized carbons (Fsp3) is 0.600. The van der Waals surface area contributed by atoms with Crippen molar-refractivity contribution in [1.82, 2.24) is 0 Å². The molecule has 0 bridgehead atoms. The van der Waals surface area contributed by atoms with Gasteiger partial charge in [0.2, 0.25) is 0 Å². The lowest BCUT2D eigenvalue weighted by Crippen LogP contribution is -1.88. The molecule has 0 aliphatic carbocycles. The maximum absolute atomic E-state index is 10.6. The second-order valence-corrected chi connectivity index (χ2v) is 7.27. The predicted octanol–water partition coefficient (Wildman–Crippen LogP) is 3.48. The van der Waals surface area contributed by atoms with Crippen LogP contribution in [0, 0.1) is 0 Å². The zero-order chi connectivity index (χ0) is 12.2. The van der Waals surface area contributed by atoms with E-state index in [0.717, 1.165) is 23.0 Å². The smallest absolute Gasteiger partial charge is 0.185 e. The number of hydrogen-bond acceptors (Lipinski definition) is 6. The molecule has 0 saturated heterocycles. The van der Waals surface area contributed by atoms with E-state index in [1.165, 1.54) is 23.5 Å². The number of thioether (sulfide) groups is 4. The number of rotatable bonds is 8. The van der Waals surface area contributed by atoms with Crippen molar-refractivity contribution in [3.63, 3.8) is 0 Å². The van der Waals surface area contributed by atoms with Crippen molar-refractivity contribution in [3.8, 4) is 0 Å². The van der Waals surface area contributed by atoms with Crippen LogP contribution in [0.5, 0.6) is 0 Å². The largest absolute Gasteiger partial charge is 0.288 e. The van der Waals surface area contributed by atoms with Gasteiger partial charge < -0.3 is 0 Å². The Morgan fingerprint density at radius 1 is 0.812 bits per heavy atom. The van der Waals surface area contributed by atoms with Gasteiger partial charge in [-0.25, -0.2) is 0 Å². The molecule has 0 atom stereocenters. The Hall–Kier alpha value is 0.480. The van der Waals surface area contributed by atoms with Gasteiger partial charge in [-0.2, -0.15) is 0 Å². The molecule has 0 aromatic heterocycles. The maximum atomic E-state index is 10.6. The van der Waals surface area contributed by atoms with Gasteiger partial charge in [-0.05, 0) is 10.8 Å². The third kappa shape index (κ3) is 14.5. The Morgan fingerprint density at radius 3 is 1.50 bits per heavy atom. The molecule has 0 aromatic carbocycles. The molecule has 0 unspecified atom stereocenters. The summed E-state index contributed by atoms with van der Waals surface area (Å²) in [6.07, 6.45) is 0. The van der Waals surface area contributed by atoms with E-state index in [1.807, 2.05) is 10.8 Å². The summed E-state index contributed by atoms with van der Waals surface area (Å²) in [4.78, 5) is 21.2. The molecule has 0 radical (unpaired) electrons. The van der Waals surface area contributed by atoms with E-state index in [2.05, 4.69) is 0 Å². The van der Waals surface area contributed by atoms with E-state index in [0.29, 0.717) is 0 Å². The molecule has 0 aliphatic rings. The van der Waals surface area contributed by atoms with Gasteiger partial charge in [0.25, 0.3) is 0 Å². The first-order chi connectivity index (χ1) is 7.63. The molecule has 0 aliphatic heterocycles. The normalized spacial score (nSPS) is 10.9. The van der Waals surface area contributed by atoms with Crippen LogP contribution >= 0.6 is 47.0 Å². The standard InChI is InChI=1S/C10H16O2S4/c1-9(11)15-7-5-13-3-4-14-6-8-16-10(2)12/h3-4H,5-8H2,1-2H3/b4-3-. The Bertz CT molecular complexity index is 217. The molecule has 0 spiro atoms. The summed E-state index contributed by atoms with van der Waals surface area (Å²) in [6, 6.07) is 0. The zero-order valence-corrected chi connectivity index (χ0v) is 12.7. The summed E-state index contributed by atoms with van der Waals surface area (Å²) < 4.78 is 0. The van der Waals surface area contributed by atoms with E-state index < -0.39 is 0 Å². The molecular weight excluding hydrogens is 280 g/mol. The van der Waals surface area contributed by atoms with Crippen LogP contribution in [0.2, 0.25) is 0 Å². The highest BCUT2D eigenvalue weighted by molar-refractivity contribution is 8.15. The number of carbonyl (C=O) groups excluding carboxylic acids is 2. The van der Waals surface area contributed by atoms with Crippen molar-refractivity contribution < 1.29 is 9.59 Å². The van der Waals surface area contributed by atoms with Gasteiger partial charge in [0.1, 0.15) is 0 Å². The fourth-order valence-electron chi connectivity index (χ4n) is 0.682. The summed E-state index contributed by atoms with van der Waals surface area (Å²) in [5, 5.41) is 4.45. The van der Waals surface area contributed by atoms with E-state index in [1.54, 1.807) is 37.4 Å². The lowest BCUT2D eigenvalue weighted by molar-refractivity contribution is -0.109. The third-order valence-corrected chi connectivity index (χ3v) is 5.12. The molecular formula is C10H16O2S4. The van der Waals surface area contributed by atoms with E-state index in [9.17, 15) is 9.59 Å². The average Bonchev–Trinajstić information content (AvgIpc) is 2.20. The van der Waals surface area contributed by atoms with Crippen LogP contribution in [0.1, 0.15) is 13.8 Å². The maximum Gasteiger partial charge on any atom is 0.185 e. The first kappa shape index (κ1) is 16.5. The van der Waals surface area contributed by atoms with Crippen molar-refractivity contribution in [3.05, 3.63) is 10.8 Å². The summed E-state index contributed by atoms with van der Waals surface area (Å²) >= 11 is 6.15. The molecule has 0 heterocycles. The van der Waals surface area contributed by atoms with Gasteiger partial charge in [-0.3, -0.25) is 9.59 Å². The minimum atomic E-state index is 0.181.